The molecule has 0 aliphatic heterocycles. The zero-order valence-corrected chi connectivity index (χ0v) is 11.9. The lowest BCUT2D eigenvalue weighted by Gasteiger charge is -2.09. The lowest BCUT2D eigenvalue weighted by molar-refractivity contribution is 0.0696. The molecule has 112 valence electrons. The summed E-state index contributed by atoms with van der Waals surface area (Å²) in [6.45, 7) is 0.00591. The summed E-state index contributed by atoms with van der Waals surface area (Å²) in [5.74, 6) is -2.43. The molecule has 6 nitrogen and oxygen atoms in total. The minimum absolute atomic E-state index is 0.00591. The lowest BCUT2D eigenvalue weighted by Crippen LogP contribution is -2.25. The average molecular weight is 312 g/mol. The standard InChI is InChI=1S/C13H13FN2O4S/c1-16-6-2-3-10(16)8-15-21(19,20)12-5-4-9(13(17)18)7-11(12)14/h2-7,15H,8H2,1H3,(H,17,18). The van der Waals surface area contributed by atoms with Gasteiger partial charge in [-0.05, 0) is 30.3 Å². The van der Waals surface area contributed by atoms with Gasteiger partial charge in [-0.3, -0.25) is 0 Å². The molecule has 0 unspecified atom stereocenters. The summed E-state index contributed by atoms with van der Waals surface area (Å²) >= 11 is 0. The highest BCUT2D eigenvalue weighted by Gasteiger charge is 2.20. The van der Waals surface area contributed by atoms with Crippen LogP contribution in [0.25, 0.3) is 0 Å². The molecule has 0 fully saturated rings. The molecule has 0 bridgehead atoms. The van der Waals surface area contributed by atoms with Gasteiger partial charge in [0.05, 0.1) is 12.1 Å². The Balaban J connectivity index is 2.23. The fourth-order valence-electron chi connectivity index (χ4n) is 1.78. The van der Waals surface area contributed by atoms with Crippen LogP contribution in [0.15, 0.2) is 41.4 Å². The fraction of sp³-hybridized carbons (Fsp3) is 0.154. The van der Waals surface area contributed by atoms with Crippen molar-refractivity contribution in [2.75, 3.05) is 0 Å². The van der Waals surface area contributed by atoms with Crippen molar-refractivity contribution in [2.45, 2.75) is 11.4 Å². The number of aromatic carboxylic acids is 1. The first-order valence-corrected chi connectivity index (χ1v) is 7.42. The molecule has 21 heavy (non-hydrogen) atoms. The van der Waals surface area contributed by atoms with Gasteiger partial charge in [0.2, 0.25) is 10.0 Å². The zero-order valence-electron chi connectivity index (χ0n) is 11.1. The van der Waals surface area contributed by atoms with Gasteiger partial charge in [0.1, 0.15) is 10.7 Å². The molecule has 0 saturated carbocycles. The first kappa shape index (κ1) is 15.2. The molecule has 2 N–H and O–H groups in total. The number of aromatic nitrogens is 1. The highest BCUT2D eigenvalue weighted by Crippen LogP contribution is 2.16. The number of nitrogens with one attached hydrogen (secondary N) is 1. The fourth-order valence-corrected chi connectivity index (χ4v) is 2.83. The number of carboxylic acids is 1. The van der Waals surface area contributed by atoms with E-state index in [9.17, 15) is 17.6 Å². The number of benzene rings is 1. The van der Waals surface area contributed by atoms with Crippen LogP contribution in [0.4, 0.5) is 4.39 Å². The Bertz CT molecular complexity index is 783. The molecule has 0 saturated heterocycles. The van der Waals surface area contributed by atoms with Gasteiger partial charge >= 0.3 is 5.97 Å². The minimum atomic E-state index is -4.06. The third kappa shape index (κ3) is 3.29. The van der Waals surface area contributed by atoms with Crippen molar-refractivity contribution in [3.8, 4) is 0 Å². The Hall–Kier alpha value is -2.19. The van der Waals surface area contributed by atoms with Crippen LogP contribution in [-0.4, -0.2) is 24.1 Å². The van der Waals surface area contributed by atoms with Crippen molar-refractivity contribution in [3.05, 3.63) is 53.6 Å². The van der Waals surface area contributed by atoms with Crippen LogP contribution in [0.1, 0.15) is 16.1 Å². The van der Waals surface area contributed by atoms with Gasteiger partial charge in [-0.1, -0.05) is 0 Å². The molecule has 1 aromatic heterocycles. The summed E-state index contributed by atoms with van der Waals surface area (Å²) in [6, 6.07) is 6.15. The van der Waals surface area contributed by atoms with E-state index >= 15 is 0 Å². The summed E-state index contributed by atoms with van der Waals surface area (Å²) in [4.78, 5) is 10.1. The Labute approximate surface area is 120 Å². The Kier molecular flexibility index (Phi) is 4.10. The van der Waals surface area contributed by atoms with Crippen LogP contribution < -0.4 is 4.72 Å². The largest absolute Gasteiger partial charge is 0.478 e. The predicted molar refractivity (Wildman–Crippen MR) is 72.8 cm³/mol. The molecule has 2 rings (SSSR count). The summed E-state index contributed by atoms with van der Waals surface area (Å²) in [7, 11) is -2.30. The maximum Gasteiger partial charge on any atom is 0.335 e. The quantitative estimate of drug-likeness (QED) is 0.872. The number of hydrogen-bond acceptors (Lipinski definition) is 3. The van der Waals surface area contributed by atoms with Crippen molar-refractivity contribution >= 4 is 16.0 Å². The smallest absolute Gasteiger partial charge is 0.335 e. The molecule has 2 aromatic rings. The molecule has 0 amide bonds. The van der Waals surface area contributed by atoms with E-state index in [0.717, 1.165) is 12.1 Å². The second-order valence-electron chi connectivity index (χ2n) is 4.39. The Morgan fingerprint density at radius 2 is 2.10 bits per heavy atom. The number of nitrogens with zero attached hydrogens (tertiary/aromatic N) is 1. The SMILES string of the molecule is Cn1cccc1CNS(=O)(=O)c1ccc(C(=O)O)cc1F. The van der Waals surface area contributed by atoms with Gasteiger partial charge in [0.15, 0.2) is 0 Å². The van der Waals surface area contributed by atoms with Crippen molar-refractivity contribution in [3.63, 3.8) is 0 Å². The molecule has 1 aromatic carbocycles. The van der Waals surface area contributed by atoms with Crippen LogP contribution in [0.5, 0.6) is 0 Å². The number of aryl methyl sites for hydroxylation is 1. The highest BCUT2D eigenvalue weighted by molar-refractivity contribution is 7.89. The normalized spacial score (nSPS) is 11.5. The Morgan fingerprint density at radius 3 is 2.62 bits per heavy atom. The van der Waals surface area contributed by atoms with E-state index in [1.54, 1.807) is 29.9 Å². The molecule has 0 aliphatic carbocycles. The van der Waals surface area contributed by atoms with Gasteiger partial charge in [-0.2, -0.15) is 0 Å². The summed E-state index contributed by atoms with van der Waals surface area (Å²) < 4.78 is 41.8. The average Bonchev–Trinajstić information content (AvgIpc) is 2.81. The van der Waals surface area contributed by atoms with Crippen molar-refractivity contribution in [1.29, 1.82) is 0 Å². The van der Waals surface area contributed by atoms with E-state index in [1.807, 2.05) is 0 Å². The lowest BCUT2D eigenvalue weighted by atomic mass is 10.2. The number of halogens is 1. The van der Waals surface area contributed by atoms with Crippen LogP contribution in [0.3, 0.4) is 0 Å². The molecular formula is C13H13FN2O4S. The number of carboxylic acid groups (broad SMARTS) is 1. The van der Waals surface area contributed by atoms with Gasteiger partial charge in [-0.25, -0.2) is 22.3 Å². The Morgan fingerprint density at radius 1 is 1.38 bits per heavy atom. The van der Waals surface area contributed by atoms with Gasteiger partial charge < -0.3 is 9.67 Å². The zero-order chi connectivity index (χ0) is 15.6. The summed E-state index contributed by atoms with van der Waals surface area (Å²) in [5.41, 5.74) is 0.398. The number of rotatable bonds is 5. The van der Waals surface area contributed by atoms with Crippen molar-refractivity contribution in [2.24, 2.45) is 7.05 Å². The molecule has 0 radical (unpaired) electrons. The van der Waals surface area contributed by atoms with E-state index in [0.29, 0.717) is 11.8 Å². The van der Waals surface area contributed by atoms with E-state index in [-0.39, 0.29) is 12.1 Å². The maximum atomic E-state index is 13.8. The first-order chi connectivity index (χ1) is 9.81. The van der Waals surface area contributed by atoms with Crippen molar-refractivity contribution < 1.29 is 22.7 Å². The molecular weight excluding hydrogens is 299 g/mol. The van der Waals surface area contributed by atoms with Gasteiger partial charge in [0, 0.05) is 18.9 Å². The summed E-state index contributed by atoms with van der Waals surface area (Å²) in [5, 5.41) is 8.73. The van der Waals surface area contributed by atoms with Crippen LogP contribution in [0, 0.1) is 5.82 Å². The number of sulfonamides is 1. The van der Waals surface area contributed by atoms with Gasteiger partial charge in [-0.15, -0.1) is 0 Å². The predicted octanol–water partition coefficient (Wildman–Crippen LogP) is 1.34. The molecule has 0 atom stereocenters. The van der Waals surface area contributed by atoms with E-state index < -0.39 is 26.7 Å². The van der Waals surface area contributed by atoms with Crippen LogP contribution in [0.2, 0.25) is 0 Å². The molecule has 0 aliphatic rings. The van der Waals surface area contributed by atoms with E-state index in [4.69, 9.17) is 5.11 Å². The first-order valence-electron chi connectivity index (χ1n) is 5.94. The maximum absolute atomic E-state index is 13.8. The third-order valence-corrected chi connectivity index (χ3v) is 4.40. The summed E-state index contributed by atoms with van der Waals surface area (Å²) in [6.07, 6.45) is 1.76. The second-order valence-corrected chi connectivity index (χ2v) is 6.12. The van der Waals surface area contributed by atoms with E-state index in [2.05, 4.69) is 4.72 Å². The van der Waals surface area contributed by atoms with Crippen LogP contribution >= 0.6 is 0 Å². The third-order valence-electron chi connectivity index (χ3n) is 2.96. The monoisotopic (exact) mass is 312 g/mol. The molecule has 8 heteroatoms. The highest BCUT2D eigenvalue weighted by atomic mass is 32.2. The number of carbonyl (C=O) groups is 1. The molecule has 1 heterocycles. The second kappa shape index (κ2) is 5.66. The minimum Gasteiger partial charge on any atom is -0.478 e. The van der Waals surface area contributed by atoms with Crippen LogP contribution in [-0.2, 0) is 23.6 Å². The van der Waals surface area contributed by atoms with E-state index in [1.165, 1.54) is 0 Å². The van der Waals surface area contributed by atoms with Crippen molar-refractivity contribution in [1.82, 2.24) is 9.29 Å². The van der Waals surface area contributed by atoms with Gasteiger partial charge in [0.25, 0.3) is 0 Å². The number of hydrogen-bond donors (Lipinski definition) is 2. The topological polar surface area (TPSA) is 88.4 Å². The molecule has 0 spiro atoms.